The maximum absolute atomic E-state index is 11.8. The van der Waals surface area contributed by atoms with Gasteiger partial charge in [-0.1, -0.05) is 6.07 Å². The van der Waals surface area contributed by atoms with Gasteiger partial charge in [0.25, 0.3) is 5.91 Å². The second-order valence-electron chi connectivity index (χ2n) is 4.55. The standard InChI is InChI=1S/C14H19ClN2O2/c1-10(2)16-14(19)11-5-3-6-12(9-11)17-13(18)7-4-8-15/h3,5-6,9-10H,4,7-8H2,1-2H3,(H,16,19)(H,17,18). The summed E-state index contributed by atoms with van der Waals surface area (Å²) in [5.41, 5.74) is 1.15. The highest BCUT2D eigenvalue weighted by Crippen LogP contribution is 2.11. The van der Waals surface area contributed by atoms with Crippen molar-refractivity contribution in [3.05, 3.63) is 29.8 Å². The first-order valence-electron chi connectivity index (χ1n) is 6.29. The van der Waals surface area contributed by atoms with Crippen molar-refractivity contribution in [1.82, 2.24) is 5.32 Å². The van der Waals surface area contributed by atoms with E-state index in [9.17, 15) is 9.59 Å². The summed E-state index contributed by atoms with van der Waals surface area (Å²) < 4.78 is 0. The van der Waals surface area contributed by atoms with Crippen LogP contribution < -0.4 is 10.6 Å². The van der Waals surface area contributed by atoms with Crippen LogP contribution in [0.1, 0.15) is 37.0 Å². The van der Waals surface area contributed by atoms with Crippen molar-refractivity contribution in [2.45, 2.75) is 32.7 Å². The highest BCUT2D eigenvalue weighted by Gasteiger charge is 2.08. The second kappa shape index (κ2) is 7.79. The van der Waals surface area contributed by atoms with Crippen LogP contribution in [-0.4, -0.2) is 23.7 Å². The van der Waals surface area contributed by atoms with Gasteiger partial charge in [-0.15, -0.1) is 11.6 Å². The topological polar surface area (TPSA) is 58.2 Å². The Hall–Kier alpha value is -1.55. The van der Waals surface area contributed by atoms with Crippen molar-refractivity contribution in [2.24, 2.45) is 0 Å². The number of carbonyl (C=O) groups is 2. The SMILES string of the molecule is CC(C)NC(=O)c1cccc(NC(=O)CCCCl)c1. The number of carbonyl (C=O) groups excluding carboxylic acids is 2. The molecule has 0 radical (unpaired) electrons. The first kappa shape index (κ1) is 15.5. The number of hydrogen-bond donors (Lipinski definition) is 2. The molecule has 5 heteroatoms. The van der Waals surface area contributed by atoms with Crippen molar-refractivity contribution in [1.29, 1.82) is 0 Å². The van der Waals surface area contributed by atoms with Gasteiger partial charge in [-0.2, -0.15) is 0 Å². The van der Waals surface area contributed by atoms with Crippen molar-refractivity contribution in [3.8, 4) is 0 Å². The number of nitrogens with one attached hydrogen (secondary N) is 2. The van der Waals surface area contributed by atoms with Gasteiger partial charge in [0.05, 0.1) is 0 Å². The van der Waals surface area contributed by atoms with Gasteiger partial charge in [0.2, 0.25) is 5.91 Å². The van der Waals surface area contributed by atoms with Crippen molar-refractivity contribution >= 4 is 29.1 Å². The molecule has 0 bridgehead atoms. The van der Waals surface area contributed by atoms with Gasteiger partial charge >= 0.3 is 0 Å². The average Bonchev–Trinajstić information content (AvgIpc) is 2.36. The number of benzene rings is 1. The summed E-state index contributed by atoms with van der Waals surface area (Å²) in [6.45, 7) is 3.80. The molecule has 0 aliphatic carbocycles. The Bertz CT molecular complexity index is 447. The van der Waals surface area contributed by atoms with E-state index < -0.39 is 0 Å². The predicted octanol–water partition coefficient (Wildman–Crippen LogP) is 2.78. The maximum Gasteiger partial charge on any atom is 0.251 e. The molecule has 19 heavy (non-hydrogen) atoms. The number of halogens is 1. The molecule has 1 rings (SSSR count). The molecule has 0 aromatic heterocycles. The molecule has 0 aliphatic heterocycles. The Kier molecular flexibility index (Phi) is 6.36. The summed E-state index contributed by atoms with van der Waals surface area (Å²) in [5, 5.41) is 5.55. The molecule has 0 saturated carbocycles. The van der Waals surface area contributed by atoms with Crippen LogP contribution in [0, 0.1) is 0 Å². The fourth-order valence-electron chi connectivity index (χ4n) is 1.53. The van der Waals surface area contributed by atoms with Gasteiger partial charge in [0, 0.05) is 29.6 Å². The van der Waals surface area contributed by atoms with Crippen LogP contribution in [0.5, 0.6) is 0 Å². The molecule has 0 saturated heterocycles. The number of rotatable bonds is 6. The fraction of sp³-hybridized carbons (Fsp3) is 0.429. The monoisotopic (exact) mass is 282 g/mol. The van der Waals surface area contributed by atoms with Gasteiger partial charge in [-0.3, -0.25) is 9.59 Å². The molecule has 0 aliphatic rings. The number of alkyl halides is 1. The summed E-state index contributed by atoms with van der Waals surface area (Å²) in [6, 6.07) is 6.95. The largest absolute Gasteiger partial charge is 0.350 e. The van der Waals surface area contributed by atoms with Crippen molar-refractivity contribution < 1.29 is 9.59 Å². The highest BCUT2D eigenvalue weighted by atomic mass is 35.5. The van der Waals surface area contributed by atoms with E-state index in [0.29, 0.717) is 30.0 Å². The Labute approximate surface area is 118 Å². The molecular weight excluding hydrogens is 264 g/mol. The van der Waals surface area contributed by atoms with Crippen molar-refractivity contribution in [3.63, 3.8) is 0 Å². The van der Waals surface area contributed by atoms with Crippen LogP contribution in [-0.2, 0) is 4.79 Å². The molecule has 0 atom stereocenters. The normalized spacial score (nSPS) is 10.3. The fourth-order valence-corrected chi connectivity index (χ4v) is 1.67. The number of hydrogen-bond acceptors (Lipinski definition) is 2. The van der Waals surface area contributed by atoms with E-state index in [-0.39, 0.29) is 17.9 Å². The molecule has 1 aromatic carbocycles. The summed E-state index contributed by atoms with van der Waals surface area (Å²) >= 11 is 5.53. The smallest absolute Gasteiger partial charge is 0.251 e. The summed E-state index contributed by atoms with van der Waals surface area (Å²) in [6.07, 6.45) is 1.02. The molecule has 0 unspecified atom stereocenters. The zero-order chi connectivity index (χ0) is 14.3. The van der Waals surface area contributed by atoms with Crippen LogP contribution in [0.4, 0.5) is 5.69 Å². The van der Waals surface area contributed by atoms with Gasteiger partial charge < -0.3 is 10.6 Å². The van der Waals surface area contributed by atoms with Crippen LogP contribution in [0.2, 0.25) is 0 Å². The quantitative estimate of drug-likeness (QED) is 0.788. The van der Waals surface area contributed by atoms with Gasteiger partial charge in [0.15, 0.2) is 0 Å². The Morgan fingerprint density at radius 1 is 1.32 bits per heavy atom. The molecule has 4 nitrogen and oxygen atoms in total. The Balaban J connectivity index is 2.66. The first-order chi connectivity index (χ1) is 9.02. The minimum atomic E-state index is -0.146. The lowest BCUT2D eigenvalue weighted by Crippen LogP contribution is -2.30. The lowest BCUT2D eigenvalue weighted by Gasteiger charge is -2.10. The maximum atomic E-state index is 11.8. The zero-order valence-electron chi connectivity index (χ0n) is 11.2. The highest BCUT2D eigenvalue weighted by molar-refractivity contribution is 6.18. The minimum Gasteiger partial charge on any atom is -0.350 e. The van der Waals surface area contributed by atoms with Crippen molar-refractivity contribution in [2.75, 3.05) is 11.2 Å². The lowest BCUT2D eigenvalue weighted by atomic mass is 10.1. The summed E-state index contributed by atoms with van der Waals surface area (Å²) in [5.74, 6) is 0.221. The van der Waals surface area contributed by atoms with E-state index in [1.165, 1.54) is 0 Å². The Morgan fingerprint density at radius 3 is 2.68 bits per heavy atom. The first-order valence-corrected chi connectivity index (χ1v) is 6.83. The molecule has 2 N–H and O–H groups in total. The average molecular weight is 283 g/mol. The molecule has 104 valence electrons. The molecule has 1 aromatic rings. The third kappa shape index (κ3) is 5.75. The Morgan fingerprint density at radius 2 is 2.05 bits per heavy atom. The third-order valence-corrected chi connectivity index (χ3v) is 2.63. The van der Waals surface area contributed by atoms with Gasteiger partial charge in [0.1, 0.15) is 0 Å². The van der Waals surface area contributed by atoms with Crippen LogP contribution in [0.3, 0.4) is 0 Å². The van der Waals surface area contributed by atoms with E-state index in [4.69, 9.17) is 11.6 Å². The van der Waals surface area contributed by atoms with Crippen LogP contribution in [0.25, 0.3) is 0 Å². The second-order valence-corrected chi connectivity index (χ2v) is 4.93. The van der Waals surface area contributed by atoms with E-state index in [1.54, 1.807) is 24.3 Å². The third-order valence-electron chi connectivity index (χ3n) is 2.37. The number of anilines is 1. The number of amides is 2. The van der Waals surface area contributed by atoms with E-state index in [2.05, 4.69) is 10.6 Å². The zero-order valence-corrected chi connectivity index (χ0v) is 12.0. The molecule has 2 amide bonds. The van der Waals surface area contributed by atoms with Gasteiger partial charge in [-0.05, 0) is 38.5 Å². The summed E-state index contributed by atoms with van der Waals surface area (Å²) in [4.78, 5) is 23.4. The summed E-state index contributed by atoms with van der Waals surface area (Å²) in [7, 11) is 0. The minimum absolute atomic E-state index is 0.0782. The van der Waals surface area contributed by atoms with Crippen LogP contribution in [0.15, 0.2) is 24.3 Å². The van der Waals surface area contributed by atoms with E-state index >= 15 is 0 Å². The van der Waals surface area contributed by atoms with E-state index in [0.717, 1.165) is 0 Å². The molecule has 0 heterocycles. The lowest BCUT2D eigenvalue weighted by molar-refractivity contribution is -0.116. The molecular formula is C14H19ClN2O2. The molecule has 0 fully saturated rings. The predicted molar refractivity (Wildman–Crippen MR) is 77.6 cm³/mol. The van der Waals surface area contributed by atoms with Gasteiger partial charge in [-0.25, -0.2) is 0 Å². The van der Waals surface area contributed by atoms with Crippen LogP contribution >= 0.6 is 11.6 Å². The van der Waals surface area contributed by atoms with E-state index in [1.807, 2.05) is 13.8 Å². The molecule has 0 spiro atoms.